The molecule has 2 aliphatic rings. The molecule has 2 atom stereocenters. The predicted molar refractivity (Wildman–Crippen MR) is 202 cm³/mol. The zero-order chi connectivity index (χ0) is 35.9. The Hall–Kier alpha value is -3.87. The van der Waals surface area contributed by atoms with E-state index >= 15 is 0 Å². The maximum Gasteiger partial charge on any atom is 0.231 e. The number of ether oxygens (including phenoxy) is 3. The number of hydrogen-bond acceptors (Lipinski definition) is 8. The summed E-state index contributed by atoms with van der Waals surface area (Å²) < 4.78 is 18.1. The van der Waals surface area contributed by atoms with Crippen LogP contribution in [0.4, 0.5) is 0 Å². The van der Waals surface area contributed by atoms with E-state index in [-0.39, 0.29) is 30.5 Å². The fraction of sp³-hybridized carbons (Fsp3) is 0.342. The van der Waals surface area contributed by atoms with Gasteiger partial charge >= 0.3 is 0 Å². The highest BCUT2D eigenvalue weighted by Gasteiger charge is 2.22. The highest BCUT2D eigenvalue weighted by Crippen LogP contribution is 2.41. The number of pyridine rings is 1. The van der Waals surface area contributed by atoms with Crippen molar-refractivity contribution in [3.8, 4) is 39.8 Å². The van der Waals surface area contributed by atoms with Gasteiger partial charge in [0.05, 0.1) is 28.7 Å². The van der Waals surface area contributed by atoms with Crippen LogP contribution >= 0.6 is 39.1 Å². The zero-order valence-corrected chi connectivity index (χ0v) is 31.5. The Morgan fingerprint density at radius 2 is 1.39 bits per heavy atom. The summed E-state index contributed by atoms with van der Waals surface area (Å²) in [7, 11) is 3.23. The van der Waals surface area contributed by atoms with Crippen LogP contribution in [0, 0.1) is 0 Å². The Balaban J connectivity index is 1.14. The van der Waals surface area contributed by atoms with Gasteiger partial charge in [0, 0.05) is 84.5 Å². The number of halogens is 3. The minimum absolute atomic E-state index is 0.0912. The lowest BCUT2D eigenvalue weighted by Gasteiger charge is -2.17. The van der Waals surface area contributed by atoms with Gasteiger partial charge in [0.25, 0.3) is 0 Å². The molecule has 4 N–H and O–H groups in total. The second-order valence-electron chi connectivity index (χ2n) is 12.6. The first kappa shape index (κ1) is 36.9. The second-order valence-corrected chi connectivity index (χ2v) is 14.2. The minimum Gasteiger partial charge on any atom is -0.496 e. The Labute approximate surface area is 316 Å². The third-order valence-corrected chi connectivity index (χ3v) is 10.5. The van der Waals surface area contributed by atoms with Gasteiger partial charge in [0.2, 0.25) is 23.6 Å². The van der Waals surface area contributed by atoms with E-state index in [9.17, 15) is 9.59 Å². The number of rotatable bonds is 15. The number of methoxy groups -OCH3 is 2. The molecule has 4 aromatic rings. The van der Waals surface area contributed by atoms with E-state index < -0.39 is 0 Å². The molecule has 13 heteroatoms. The van der Waals surface area contributed by atoms with Crippen LogP contribution in [0.5, 0.6) is 17.5 Å². The number of aromatic nitrogens is 1. The lowest BCUT2D eigenvalue weighted by atomic mass is 9.96. The van der Waals surface area contributed by atoms with Crippen molar-refractivity contribution >= 4 is 50.9 Å². The molecule has 2 saturated heterocycles. The number of carbonyl (C=O) groups excluding carboxylic acids is 2. The lowest BCUT2D eigenvalue weighted by molar-refractivity contribution is -0.120. The first-order valence-corrected chi connectivity index (χ1v) is 18.4. The summed E-state index contributed by atoms with van der Waals surface area (Å²) in [5, 5.41) is 13.8. The quantitative estimate of drug-likeness (QED) is 0.104. The van der Waals surface area contributed by atoms with Gasteiger partial charge in [0.1, 0.15) is 12.4 Å². The number of nitrogens with one attached hydrogen (secondary N) is 4. The molecule has 0 spiro atoms. The van der Waals surface area contributed by atoms with E-state index in [1.165, 1.54) is 0 Å². The number of hydrogen-bond donors (Lipinski definition) is 4. The van der Waals surface area contributed by atoms with Crippen molar-refractivity contribution in [2.24, 2.45) is 0 Å². The molecule has 0 bridgehead atoms. The van der Waals surface area contributed by atoms with Crippen molar-refractivity contribution in [3.63, 3.8) is 0 Å². The fourth-order valence-electron chi connectivity index (χ4n) is 6.39. The molecule has 2 unspecified atom stereocenters. The van der Waals surface area contributed by atoms with Crippen molar-refractivity contribution in [2.75, 3.05) is 27.3 Å². The van der Waals surface area contributed by atoms with Gasteiger partial charge in [-0.1, -0.05) is 71.7 Å². The monoisotopic (exact) mass is 795 g/mol. The van der Waals surface area contributed by atoms with Gasteiger partial charge in [-0.3, -0.25) is 9.59 Å². The van der Waals surface area contributed by atoms with Gasteiger partial charge < -0.3 is 35.5 Å². The SMILES string of the molecule is COc1cc(-c2cccc(-c3cccc(COc4nc(OC)c(CNCC5CCC(=O)N5)cc4Br)c3Cl)c2Cl)ccc1CNCC1CCC(=O)N1. The van der Waals surface area contributed by atoms with Crippen LogP contribution in [-0.4, -0.2) is 56.2 Å². The summed E-state index contributed by atoms with van der Waals surface area (Å²) in [4.78, 5) is 27.6. The minimum atomic E-state index is 0.0912. The first-order valence-electron chi connectivity index (χ1n) is 16.8. The molecule has 0 aliphatic carbocycles. The number of nitrogens with zero attached hydrogens (tertiary/aromatic N) is 1. The van der Waals surface area contributed by atoms with Gasteiger partial charge in [-0.05, 0) is 46.5 Å². The molecule has 51 heavy (non-hydrogen) atoms. The molecule has 6 rings (SSSR count). The smallest absolute Gasteiger partial charge is 0.231 e. The Kier molecular flexibility index (Phi) is 12.4. The van der Waals surface area contributed by atoms with E-state index in [2.05, 4.69) is 42.2 Å². The molecule has 1 aromatic heterocycles. The maximum absolute atomic E-state index is 11.5. The van der Waals surface area contributed by atoms with E-state index in [0.29, 0.717) is 65.3 Å². The molecule has 0 radical (unpaired) electrons. The van der Waals surface area contributed by atoms with Crippen LogP contribution in [0.15, 0.2) is 65.1 Å². The summed E-state index contributed by atoms with van der Waals surface area (Å²) in [6.07, 6.45) is 2.82. The van der Waals surface area contributed by atoms with E-state index in [1.807, 2.05) is 60.7 Å². The van der Waals surface area contributed by atoms with Crippen LogP contribution < -0.4 is 35.5 Å². The lowest BCUT2D eigenvalue weighted by Crippen LogP contribution is -2.35. The first-order chi connectivity index (χ1) is 24.7. The molecule has 2 amide bonds. The van der Waals surface area contributed by atoms with E-state index in [1.54, 1.807) is 14.2 Å². The molecule has 2 fully saturated rings. The molecule has 0 saturated carbocycles. The van der Waals surface area contributed by atoms with Gasteiger partial charge in [-0.25, -0.2) is 0 Å². The van der Waals surface area contributed by atoms with Crippen LogP contribution in [-0.2, 0) is 29.3 Å². The van der Waals surface area contributed by atoms with E-state index in [0.717, 1.165) is 57.5 Å². The third kappa shape index (κ3) is 8.96. The third-order valence-electron chi connectivity index (χ3n) is 9.09. The average Bonchev–Trinajstić information content (AvgIpc) is 3.75. The van der Waals surface area contributed by atoms with Gasteiger partial charge in [-0.15, -0.1) is 0 Å². The molecular formula is C38H40BrCl2N5O5. The van der Waals surface area contributed by atoms with Gasteiger partial charge in [-0.2, -0.15) is 4.98 Å². The van der Waals surface area contributed by atoms with Crippen molar-refractivity contribution in [3.05, 3.63) is 91.9 Å². The van der Waals surface area contributed by atoms with Crippen molar-refractivity contribution in [1.82, 2.24) is 26.3 Å². The average molecular weight is 798 g/mol. The number of carbonyl (C=O) groups is 2. The number of amides is 2. The summed E-state index contributed by atoms with van der Waals surface area (Å²) in [5.74, 6) is 1.76. The summed E-state index contributed by atoms with van der Waals surface area (Å²) in [6, 6.07) is 19.9. The van der Waals surface area contributed by atoms with Crippen molar-refractivity contribution < 1.29 is 23.8 Å². The molecule has 3 heterocycles. The van der Waals surface area contributed by atoms with Crippen LogP contribution in [0.2, 0.25) is 10.0 Å². The molecule has 268 valence electrons. The van der Waals surface area contributed by atoms with Crippen LogP contribution in [0.1, 0.15) is 42.4 Å². The molecule has 3 aromatic carbocycles. The standard InChI is InChI=1S/C38H40BrCl2N5O5/c1-49-32-16-22(9-10-23(32)17-42-19-26-11-13-33(47)44-26)28-6-4-8-30(36(28)41)29-7-3-5-24(35(29)40)21-51-38-31(39)15-25(37(46-38)50-2)18-43-20-27-12-14-34(48)45-27/h3-10,15-16,26-27,42-43H,11-14,17-21H2,1-2H3,(H,44,47)(H,45,48). The Morgan fingerprint density at radius 3 is 2.02 bits per heavy atom. The zero-order valence-electron chi connectivity index (χ0n) is 28.4. The molecular weight excluding hydrogens is 757 g/mol. The number of benzene rings is 3. The normalized spacial score (nSPS) is 17.0. The molecule has 10 nitrogen and oxygen atoms in total. The predicted octanol–water partition coefficient (Wildman–Crippen LogP) is 6.82. The van der Waals surface area contributed by atoms with Crippen molar-refractivity contribution in [1.29, 1.82) is 0 Å². The highest BCUT2D eigenvalue weighted by molar-refractivity contribution is 9.10. The summed E-state index contributed by atoms with van der Waals surface area (Å²) in [5.41, 5.74) is 5.96. The Bertz CT molecular complexity index is 1910. The topological polar surface area (TPSA) is 123 Å². The largest absolute Gasteiger partial charge is 0.496 e. The van der Waals surface area contributed by atoms with Crippen molar-refractivity contribution in [2.45, 2.75) is 57.5 Å². The fourth-order valence-corrected chi connectivity index (χ4v) is 7.49. The van der Waals surface area contributed by atoms with Crippen LogP contribution in [0.3, 0.4) is 0 Å². The Morgan fingerprint density at radius 1 is 0.765 bits per heavy atom. The maximum atomic E-state index is 11.5. The second kappa shape index (κ2) is 17.1. The highest BCUT2D eigenvalue weighted by atomic mass is 79.9. The molecule has 2 aliphatic heterocycles. The van der Waals surface area contributed by atoms with Crippen LogP contribution in [0.25, 0.3) is 22.3 Å². The van der Waals surface area contributed by atoms with Gasteiger partial charge in [0.15, 0.2) is 0 Å². The summed E-state index contributed by atoms with van der Waals surface area (Å²) in [6.45, 7) is 2.65. The summed E-state index contributed by atoms with van der Waals surface area (Å²) >= 11 is 17.7. The van der Waals surface area contributed by atoms with E-state index in [4.69, 9.17) is 37.4 Å².